The first-order valence-electron chi connectivity index (χ1n) is 4.12. The SMILES string of the molecule is O=[N+]([O-])c1cc(Cl)c2ccccc2c1Br. The van der Waals surface area contributed by atoms with Crippen LogP contribution >= 0.6 is 27.5 Å². The van der Waals surface area contributed by atoms with Crippen molar-refractivity contribution in [1.82, 2.24) is 0 Å². The van der Waals surface area contributed by atoms with E-state index in [0.717, 1.165) is 10.8 Å². The predicted molar refractivity (Wildman–Crippen MR) is 63.3 cm³/mol. The molecule has 0 heterocycles. The van der Waals surface area contributed by atoms with Crippen LogP contribution in [-0.2, 0) is 0 Å². The quantitative estimate of drug-likeness (QED) is 0.583. The van der Waals surface area contributed by atoms with Crippen molar-refractivity contribution in [3.05, 3.63) is 49.9 Å². The van der Waals surface area contributed by atoms with Crippen molar-refractivity contribution < 1.29 is 4.92 Å². The predicted octanol–water partition coefficient (Wildman–Crippen LogP) is 4.16. The summed E-state index contributed by atoms with van der Waals surface area (Å²) < 4.78 is 0.465. The molecule has 0 saturated carbocycles. The molecule has 2 aromatic rings. The molecule has 0 amide bonds. The van der Waals surface area contributed by atoms with E-state index in [1.165, 1.54) is 6.07 Å². The number of nitro groups is 1. The van der Waals surface area contributed by atoms with Crippen LogP contribution in [0.5, 0.6) is 0 Å². The molecule has 76 valence electrons. The standard InChI is InChI=1S/C10H5BrClNO2/c11-10-7-4-2-1-3-6(7)8(12)5-9(10)13(14)15/h1-5H. The average molecular weight is 287 g/mol. The third kappa shape index (κ3) is 1.70. The summed E-state index contributed by atoms with van der Waals surface area (Å²) >= 11 is 9.17. The summed E-state index contributed by atoms with van der Waals surface area (Å²) in [6.07, 6.45) is 0. The molecule has 2 aromatic carbocycles. The summed E-state index contributed by atoms with van der Waals surface area (Å²) in [5.41, 5.74) is -0.0151. The Morgan fingerprint density at radius 1 is 1.27 bits per heavy atom. The zero-order valence-electron chi connectivity index (χ0n) is 7.41. The van der Waals surface area contributed by atoms with Gasteiger partial charge in [0.15, 0.2) is 0 Å². The highest BCUT2D eigenvalue weighted by Crippen LogP contribution is 2.37. The minimum atomic E-state index is -0.456. The Kier molecular flexibility index (Phi) is 2.63. The minimum Gasteiger partial charge on any atom is -0.258 e. The van der Waals surface area contributed by atoms with E-state index in [1.54, 1.807) is 6.07 Å². The molecule has 0 aliphatic rings. The molecule has 0 fully saturated rings. The van der Waals surface area contributed by atoms with Crippen LogP contribution in [0.3, 0.4) is 0 Å². The van der Waals surface area contributed by atoms with Gasteiger partial charge >= 0.3 is 0 Å². The molecule has 0 saturated heterocycles. The molecule has 0 unspecified atom stereocenters. The Morgan fingerprint density at radius 3 is 2.47 bits per heavy atom. The number of hydrogen-bond donors (Lipinski definition) is 0. The van der Waals surface area contributed by atoms with Gasteiger partial charge in [-0.1, -0.05) is 35.9 Å². The fraction of sp³-hybridized carbons (Fsp3) is 0. The van der Waals surface area contributed by atoms with Crippen LogP contribution < -0.4 is 0 Å². The van der Waals surface area contributed by atoms with Crippen molar-refractivity contribution in [1.29, 1.82) is 0 Å². The van der Waals surface area contributed by atoms with Gasteiger partial charge in [0.05, 0.1) is 9.95 Å². The van der Waals surface area contributed by atoms with Gasteiger partial charge < -0.3 is 0 Å². The van der Waals surface area contributed by atoms with Crippen LogP contribution in [0.15, 0.2) is 34.8 Å². The molecular formula is C10H5BrClNO2. The summed E-state index contributed by atoms with van der Waals surface area (Å²) in [6, 6.07) is 8.62. The molecule has 0 aliphatic carbocycles. The lowest BCUT2D eigenvalue weighted by molar-refractivity contribution is -0.385. The van der Waals surface area contributed by atoms with Gasteiger partial charge in [0.1, 0.15) is 4.47 Å². The van der Waals surface area contributed by atoms with Gasteiger partial charge in [0.25, 0.3) is 5.69 Å². The van der Waals surface area contributed by atoms with Crippen molar-refractivity contribution in [3.8, 4) is 0 Å². The molecule has 15 heavy (non-hydrogen) atoms. The van der Waals surface area contributed by atoms with Crippen LogP contribution in [0.4, 0.5) is 5.69 Å². The maximum atomic E-state index is 10.7. The van der Waals surface area contributed by atoms with Gasteiger partial charge in [0, 0.05) is 16.8 Å². The van der Waals surface area contributed by atoms with E-state index >= 15 is 0 Å². The van der Waals surface area contributed by atoms with Crippen LogP contribution in [0.25, 0.3) is 10.8 Å². The first-order chi connectivity index (χ1) is 7.11. The molecule has 0 aliphatic heterocycles. The van der Waals surface area contributed by atoms with E-state index < -0.39 is 4.92 Å². The monoisotopic (exact) mass is 285 g/mol. The molecule has 2 rings (SSSR count). The maximum Gasteiger partial charge on any atom is 0.285 e. The van der Waals surface area contributed by atoms with Crippen LogP contribution in [-0.4, -0.2) is 4.92 Å². The molecule has 0 N–H and O–H groups in total. The van der Waals surface area contributed by atoms with Gasteiger partial charge in [-0.15, -0.1) is 0 Å². The van der Waals surface area contributed by atoms with Gasteiger partial charge in [-0.25, -0.2) is 0 Å². The number of nitrogens with zero attached hydrogens (tertiary/aromatic N) is 1. The van der Waals surface area contributed by atoms with Gasteiger partial charge in [-0.3, -0.25) is 10.1 Å². The zero-order chi connectivity index (χ0) is 11.0. The van der Waals surface area contributed by atoms with Crippen molar-refractivity contribution in [2.24, 2.45) is 0 Å². The van der Waals surface area contributed by atoms with E-state index in [9.17, 15) is 10.1 Å². The number of fused-ring (bicyclic) bond motifs is 1. The smallest absolute Gasteiger partial charge is 0.258 e. The molecule has 0 aromatic heterocycles. The van der Waals surface area contributed by atoms with Crippen LogP contribution in [0.2, 0.25) is 5.02 Å². The number of hydrogen-bond acceptors (Lipinski definition) is 2. The second-order valence-corrected chi connectivity index (χ2v) is 4.19. The molecule has 5 heteroatoms. The lowest BCUT2D eigenvalue weighted by Crippen LogP contribution is -1.90. The van der Waals surface area contributed by atoms with Crippen molar-refractivity contribution in [2.45, 2.75) is 0 Å². The topological polar surface area (TPSA) is 43.1 Å². The Labute approximate surface area is 98.9 Å². The molecule has 0 atom stereocenters. The Morgan fingerprint density at radius 2 is 1.87 bits per heavy atom. The third-order valence-electron chi connectivity index (χ3n) is 2.11. The summed E-state index contributed by atoms with van der Waals surface area (Å²) in [4.78, 5) is 10.3. The molecule has 3 nitrogen and oxygen atoms in total. The third-order valence-corrected chi connectivity index (χ3v) is 3.25. The van der Waals surface area contributed by atoms with Crippen LogP contribution in [0.1, 0.15) is 0 Å². The number of benzene rings is 2. The summed E-state index contributed by atoms with van der Waals surface area (Å²) in [5, 5.41) is 12.7. The van der Waals surface area contributed by atoms with Gasteiger partial charge in [0.2, 0.25) is 0 Å². The number of nitro benzene ring substituents is 1. The zero-order valence-corrected chi connectivity index (χ0v) is 9.75. The lowest BCUT2D eigenvalue weighted by Gasteiger charge is -2.03. The second-order valence-electron chi connectivity index (χ2n) is 2.99. The van der Waals surface area contributed by atoms with Gasteiger partial charge in [-0.2, -0.15) is 0 Å². The van der Waals surface area contributed by atoms with Crippen molar-refractivity contribution in [3.63, 3.8) is 0 Å². The molecule has 0 spiro atoms. The maximum absolute atomic E-state index is 10.7. The second kappa shape index (κ2) is 3.79. The highest BCUT2D eigenvalue weighted by molar-refractivity contribution is 9.10. The van der Waals surface area contributed by atoms with Gasteiger partial charge in [-0.05, 0) is 15.9 Å². The summed E-state index contributed by atoms with van der Waals surface area (Å²) in [6.45, 7) is 0. The highest BCUT2D eigenvalue weighted by atomic mass is 79.9. The van der Waals surface area contributed by atoms with Crippen molar-refractivity contribution >= 4 is 44.0 Å². The van der Waals surface area contributed by atoms with E-state index in [1.807, 2.05) is 18.2 Å². The minimum absolute atomic E-state index is 0.0151. The van der Waals surface area contributed by atoms with E-state index in [2.05, 4.69) is 15.9 Å². The molecular weight excluding hydrogens is 281 g/mol. The van der Waals surface area contributed by atoms with Crippen molar-refractivity contribution in [2.75, 3.05) is 0 Å². The molecule has 0 bridgehead atoms. The van der Waals surface area contributed by atoms with E-state index in [4.69, 9.17) is 11.6 Å². The first-order valence-corrected chi connectivity index (χ1v) is 5.29. The summed E-state index contributed by atoms with van der Waals surface area (Å²) in [7, 11) is 0. The normalized spacial score (nSPS) is 10.5. The Balaban J connectivity index is 2.90. The largest absolute Gasteiger partial charge is 0.285 e. The Bertz CT molecular complexity index is 556. The van der Waals surface area contributed by atoms with E-state index in [-0.39, 0.29) is 5.69 Å². The van der Waals surface area contributed by atoms with E-state index in [0.29, 0.717) is 9.50 Å². The Hall–Kier alpha value is -1.13. The van der Waals surface area contributed by atoms with Crippen LogP contribution in [0, 0.1) is 10.1 Å². The fourth-order valence-electron chi connectivity index (χ4n) is 1.41. The highest BCUT2D eigenvalue weighted by Gasteiger charge is 2.16. The molecule has 0 radical (unpaired) electrons. The summed E-state index contributed by atoms with van der Waals surface area (Å²) in [5.74, 6) is 0. The number of rotatable bonds is 1. The average Bonchev–Trinajstić information content (AvgIpc) is 2.23. The number of halogens is 2. The lowest BCUT2D eigenvalue weighted by atomic mass is 10.1. The first kappa shape index (κ1) is 10.4. The fourth-order valence-corrected chi connectivity index (χ4v) is 2.29.